The second kappa shape index (κ2) is 7.21. The van der Waals surface area contributed by atoms with Crippen molar-refractivity contribution in [2.24, 2.45) is 5.84 Å². The second-order valence-electron chi connectivity index (χ2n) is 5.24. The quantitative estimate of drug-likeness (QED) is 0.549. The fourth-order valence-electron chi connectivity index (χ4n) is 2.68. The molecule has 2 rings (SSSR count). The van der Waals surface area contributed by atoms with Gasteiger partial charge in [-0.05, 0) is 25.7 Å². The van der Waals surface area contributed by atoms with Gasteiger partial charge in [0.1, 0.15) is 23.5 Å². The number of aromatic nitrogens is 2. The van der Waals surface area contributed by atoms with Crippen LogP contribution >= 0.6 is 0 Å². The molecule has 0 aromatic carbocycles. The fraction of sp³-hybridized carbons (Fsp3) is 0.643. The van der Waals surface area contributed by atoms with E-state index >= 15 is 0 Å². The molecule has 1 aromatic rings. The van der Waals surface area contributed by atoms with Gasteiger partial charge in [0, 0.05) is 26.1 Å². The summed E-state index contributed by atoms with van der Waals surface area (Å²) < 4.78 is 0. The Hall–Kier alpha value is -1.89. The number of likely N-dealkylation sites (N-methyl/N-ethyl adjacent to an activating group) is 1. The van der Waals surface area contributed by atoms with Gasteiger partial charge in [-0.25, -0.2) is 15.8 Å². The molecule has 1 fully saturated rings. The minimum atomic E-state index is -0.168. The molecule has 4 N–H and O–H groups in total. The monoisotopic (exact) mass is 292 g/mol. The van der Waals surface area contributed by atoms with Gasteiger partial charge in [0.2, 0.25) is 5.91 Å². The Morgan fingerprint density at radius 2 is 2.29 bits per heavy atom. The van der Waals surface area contributed by atoms with Gasteiger partial charge in [0.05, 0.1) is 0 Å². The SMILES string of the molecule is CCCc1nc(NN)cc(N2CCCCC2C(=O)NC)n1. The van der Waals surface area contributed by atoms with Crippen LogP contribution in [-0.2, 0) is 11.2 Å². The third-order valence-electron chi connectivity index (χ3n) is 3.73. The Morgan fingerprint density at radius 3 is 2.95 bits per heavy atom. The summed E-state index contributed by atoms with van der Waals surface area (Å²) in [5.74, 6) is 7.65. The summed E-state index contributed by atoms with van der Waals surface area (Å²) in [6, 6.07) is 1.64. The van der Waals surface area contributed by atoms with Gasteiger partial charge in [-0.2, -0.15) is 0 Å². The highest BCUT2D eigenvalue weighted by Gasteiger charge is 2.29. The zero-order valence-electron chi connectivity index (χ0n) is 12.7. The standard InChI is InChI=1S/C14H24N6O/c1-3-6-11-17-12(19-15)9-13(18-11)20-8-5-4-7-10(20)14(21)16-2/h9-10H,3-8,15H2,1-2H3,(H,16,21)(H,17,18,19). The Bertz CT molecular complexity index is 492. The minimum absolute atomic E-state index is 0.0348. The lowest BCUT2D eigenvalue weighted by molar-refractivity contribution is -0.122. The zero-order valence-corrected chi connectivity index (χ0v) is 12.7. The number of nitrogen functional groups attached to an aromatic ring is 1. The second-order valence-corrected chi connectivity index (χ2v) is 5.24. The molecule has 21 heavy (non-hydrogen) atoms. The van der Waals surface area contributed by atoms with Crippen LogP contribution in [0.3, 0.4) is 0 Å². The predicted octanol–water partition coefficient (Wildman–Crippen LogP) is 0.820. The molecule has 1 unspecified atom stereocenters. The van der Waals surface area contributed by atoms with E-state index in [9.17, 15) is 4.79 Å². The highest BCUT2D eigenvalue weighted by atomic mass is 16.2. The Balaban J connectivity index is 2.32. The number of amides is 1. The summed E-state index contributed by atoms with van der Waals surface area (Å²) in [5.41, 5.74) is 2.58. The van der Waals surface area contributed by atoms with Crippen molar-refractivity contribution in [3.05, 3.63) is 11.9 Å². The minimum Gasteiger partial charge on any atom is -0.357 e. The van der Waals surface area contributed by atoms with Crippen LogP contribution in [-0.4, -0.2) is 35.5 Å². The van der Waals surface area contributed by atoms with Gasteiger partial charge in [-0.3, -0.25) is 4.79 Å². The Morgan fingerprint density at radius 1 is 1.48 bits per heavy atom. The number of rotatable bonds is 5. The lowest BCUT2D eigenvalue weighted by atomic mass is 10.0. The van der Waals surface area contributed by atoms with E-state index in [0.29, 0.717) is 5.82 Å². The largest absolute Gasteiger partial charge is 0.357 e. The zero-order chi connectivity index (χ0) is 15.2. The summed E-state index contributed by atoms with van der Waals surface area (Å²) in [5, 5.41) is 2.74. The van der Waals surface area contributed by atoms with E-state index in [1.165, 1.54) is 0 Å². The van der Waals surface area contributed by atoms with Gasteiger partial charge in [0.25, 0.3) is 0 Å². The Kier molecular flexibility index (Phi) is 5.32. The summed E-state index contributed by atoms with van der Waals surface area (Å²) >= 11 is 0. The molecule has 1 saturated heterocycles. The van der Waals surface area contributed by atoms with Crippen molar-refractivity contribution < 1.29 is 4.79 Å². The number of anilines is 2. The van der Waals surface area contributed by atoms with Crippen molar-refractivity contribution >= 4 is 17.5 Å². The first-order valence-electron chi connectivity index (χ1n) is 7.52. The molecular weight excluding hydrogens is 268 g/mol. The lowest BCUT2D eigenvalue weighted by Gasteiger charge is -2.35. The van der Waals surface area contributed by atoms with E-state index in [-0.39, 0.29) is 11.9 Å². The number of nitrogens with one attached hydrogen (secondary N) is 2. The molecule has 7 heteroatoms. The van der Waals surface area contributed by atoms with E-state index in [2.05, 4.69) is 32.5 Å². The fourth-order valence-corrected chi connectivity index (χ4v) is 2.68. The van der Waals surface area contributed by atoms with Crippen molar-refractivity contribution in [1.82, 2.24) is 15.3 Å². The van der Waals surface area contributed by atoms with Crippen molar-refractivity contribution in [3.8, 4) is 0 Å². The summed E-state index contributed by atoms with van der Waals surface area (Å²) in [6.07, 6.45) is 4.72. The molecule has 116 valence electrons. The van der Waals surface area contributed by atoms with Crippen molar-refractivity contribution in [2.45, 2.75) is 45.1 Å². The topological polar surface area (TPSA) is 96.2 Å². The number of nitrogens with two attached hydrogens (primary N) is 1. The number of carbonyl (C=O) groups excluding carboxylic acids is 1. The molecule has 1 aromatic heterocycles. The van der Waals surface area contributed by atoms with Gasteiger partial charge >= 0.3 is 0 Å². The van der Waals surface area contributed by atoms with Crippen LogP contribution in [0.4, 0.5) is 11.6 Å². The van der Waals surface area contributed by atoms with Crippen LogP contribution in [0.1, 0.15) is 38.4 Å². The maximum Gasteiger partial charge on any atom is 0.242 e. The number of hydrogen-bond donors (Lipinski definition) is 3. The van der Waals surface area contributed by atoms with Crippen LogP contribution in [0.2, 0.25) is 0 Å². The molecule has 0 bridgehead atoms. The average molecular weight is 292 g/mol. The number of piperidine rings is 1. The van der Waals surface area contributed by atoms with E-state index in [0.717, 1.165) is 50.3 Å². The van der Waals surface area contributed by atoms with E-state index in [1.807, 2.05) is 0 Å². The van der Waals surface area contributed by atoms with Crippen LogP contribution in [0.5, 0.6) is 0 Å². The molecule has 0 aliphatic carbocycles. The van der Waals surface area contributed by atoms with E-state index in [1.54, 1.807) is 13.1 Å². The van der Waals surface area contributed by atoms with Gasteiger partial charge in [-0.1, -0.05) is 6.92 Å². The third kappa shape index (κ3) is 3.60. The average Bonchev–Trinajstić information content (AvgIpc) is 2.54. The number of nitrogens with zero attached hydrogens (tertiary/aromatic N) is 3. The van der Waals surface area contributed by atoms with Crippen LogP contribution in [0.25, 0.3) is 0 Å². The summed E-state index contributed by atoms with van der Waals surface area (Å²) in [6.45, 7) is 2.91. The third-order valence-corrected chi connectivity index (χ3v) is 3.73. The molecule has 1 aliphatic rings. The molecule has 7 nitrogen and oxygen atoms in total. The number of aryl methyl sites for hydroxylation is 1. The maximum atomic E-state index is 12.1. The maximum absolute atomic E-state index is 12.1. The summed E-state index contributed by atoms with van der Waals surface area (Å²) in [7, 11) is 1.67. The van der Waals surface area contributed by atoms with Crippen molar-refractivity contribution in [3.63, 3.8) is 0 Å². The molecule has 1 aliphatic heterocycles. The first-order chi connectivity index (χ1) is 10.2. The Labute approximate surface area is 125 Å². The number of carbonyl (C=O) groups is 1. The van der Waals surface area contributed by atoms with Gasteiger partial charge in [0.15, 0.2) is 0 Å². The van der Waals surface area contributed by atoms with Gasteiger partial charge < -0.3 is 15.6 Å². The van der Waals surface area contributed by atoms with Crippen LogP contribution < -0.4 is 21.5 Å². The van der Waals surface area contributed by atoms with E-state index < -0.39 is 0 Å². The van der Waals surface area contributed by atoms with E-state index in [4.69, 9.17) is 5.84 Å². The molecular formula is C14H24N6O. The van der Waals surface area contributed by atoms with Crippen molar-refractivity contribution in [1.29, 1.82) is 0 Å². The molecule has 1 atom stereocenters. The smallest absolute Gasteiger partial charge is 0.242 e. The number of hydrogen-bond acceptors (Lipinski definition) is 6. The normalized spacial score (nSPS) is 18.4. The highest BCUT2D eigenvalue weighted by molar-refractivity contribution is 5.85. The molecule has 1 amide bonds. The molecule has 0 saturated carbocycles. The summed E-state index contributed by atoms with van der Waals surface area (Å²) in [4.78, 5) is 23.1. The van der Waals surface area contributed by atoms with Gasteiger partial charge in [-0.15, -0.1) is 0 Å². The lowest BCUT2D eigenvalue weighted by Crippen LogP contribution is -2.49. The predicted molar refractivity (Wildman–Crippen MR) is 82.9 cm³/mol. The first kappa shape index (κ1) is 15.5. The molecule has 0 spiro atoms. The van der Waals surface area contributed by atoms with Crippen LogP contribution in [0, 0.1) is 0 Å². The highest BCUT2D eigenvalue weighted by Crippen LogP contribution is 2.25. The molecule has 0 radical (unpaired) electrons. The van der Waals surface area contributed by atoms with Crippen LogP contribution in [0.15, 0.2) is 6.07 Å². The molecule has 2 heterocycles. The first-order valence-corrected chi connectivity index (χ1v) is 7.52. The number of hydrazine groups is 1. The van der Waals surface area contributed by atoms with Crippen molar-refractivity contribution in [2.75, 3.05) is 23.9 Å².